The van der Waals surface area contributed by atoms with Crippen molar-refractivity contribution in [3.63, 3.8) is 0 Å². The fourth-order valence-corrected chi connectivity index (χ4v) is 1.69. The van der Waals surface area contributed by atoms with E-state index < -0.39 is 0 Å². The number of allylic oxidation sites excluding steroid dienone is 1. The number of aromatic hydroxyl groups is 1. The fraction of sp³-hybridized carbons (Fsp3) is 0.167. The summed E-state index contributed by atoms with van der Waals surface area (Å²) in [7, 11) is 1.53. The van der Waals surface area contributed by atoms with Gasteiger partial charge in [0.2, 0.25) is 0 Å². The van der Waals surface area contributed by atoms with Crippen molar-refractivity contribution in [1.82, 2.24) is 0 Å². The van der Waals surface area contributed by atoms with E-state index in [0.29, 0.717) is 5.75 Å². The number of ether oxygens (including phenoxy) is 1. The summed E-state index contributed by atoms with van der Waals surface area (Å²) in [4.78, 5) is 10.6. The third kappa shape index (κ3) is 5.53. The Balaban J connectivity index is 0.000000219. The summed E-state index contributed by atoms with van der Waals surface area (Å²) in [5, 5.41) is 9.25. The van der Waals surface area contributed by atoms with E-state index >= 15 is 0 Å². The molecule has 0 amide bonds. The lowest BCUT2D eigenvalue weighted by Gasteiger charge is -2.04. The molecule has 0 saturated heterocycles. The summed E-state index contributed by atoms with van der Waals surface area (Å²) in [5.41, 5.74) is 1.86. The average molecular weight is 284 g/mol. The van der Waals surface area contributed by atoms with E-state index in [0.717, 1.165) is 17.5 Å². The van der Waals surface area contributed by atoms with Crippen LogP contribution < -0.4 is 4.74 Å². The fourth-order valence-electron chi connectivity index (χ4n) is 1.69. The second-order valence-corrected chi connectivity index (χ2v) is 4.42. The molecule has 0 saturated carbocycles. The Morgan fingerprint density at radius 1 is 1.24 bits per heavy atom. The first-order chi connectivity index (χ1) is 10.1. The molecule has 0 aliphatic heterocycles. The van der Waals surface area contributed by atoms with Gasteiger partial charge in [0.05, 0.1) is 7.11 Å². The standard InChI is InChI=1S/C10H12O2.C8H8O/c1-3-4-8-5-6-9(11)10(7-8)12-2;1-7(9)8-5-3-2-4-6-8/h3,5-7,11H,1,4H2,2H3;2-6H,1H3. The highest BCUT2D eigenvalue weighted by Crippen LogP contribution is 2.26. The molecule has 110 valence electrons. The van der Waals surface area contributed by atoms with Crippen LogP contribution in [0, 0.1) is 0 Å². The summed E-state index contributed by atoms with van der Waals surface area (Å²) in [5.74, 6) is 0.801. The van der Waals surface area contributed by atoms with Gasteiger partial charge >= 0.3 is 0 Å². The third-order valence-electron chi connectivity index (χ3n) is 2.80. The Kier molecular flexibility index (Phi) is 6.75. The third-order valence-corrected chi connectivity index (χ3v) is 2.80. The van der Waals surface area contributed by atoms with Gasteiger partial charge in [0.25, 0.3) is 0 Å². The van der Waals surface area contributed by atoms with Crippen LogP contribution in [-0.2, 0) is 6.42 Å². The number of hydrogen-bond donors (Lipinski definition) is 1. The summed E-state index contributed by atoms with van der Waals surface area (Å²) in [6.07, 6.45) is 2.60. The molecule has 0 heterocycles. The lowest BCUT2D eigenvalue weighted by Crippen LogP contribution is -1.88. The first-order valence-corrected chi connectivity index (χ1v) is 6.61. The molecule has 0 fully saturated rings. The molecular weight excluding hydrogens is 264 g/mol. The van der Waals surface area contributed by atoms with Crippen LogP contribution >= 0.6 is 0 Å². The van der Waals surface area contributed by atoms with Crippen LogP contribution in [0.4, 0.5) is 0 Å². The number of phenolic OH excluding ortho intramolecular Hbond substituents is 1. The Bertz CT molecular complexity index is 589. The van der Waals surface area contributed by atoms with Gasteiger partial charge in [-0.2, -0.15) is 0 Å². The van der Waals surface area contributed by atoms with E-state index in [9.17, 15) is 9.90 Å². The molecule has 0 aromatic heterocycles. The Labute approximate surface area is 125 Å². The molecule has 0 aliphatic carbocycles. The number of Topliss-reactive ketones (excluding diaryl/α,β-unsaturated/α-hetero) is 1. The maximum atomic E-state index is 10.6. The number of carbonyl (C=O) groups excluding carboxylic acids is 1. The summed E-state index contributed by atoms with van der Waals surface area (Å²) < 4.78 is 4.95. The zero-order valence-corrected chi connectivity index (χ0v) is 12.4. The maximum absolute atomic E-state index is 10.6. The molecule has 3 nitrogen and oxygen atoms in total. The topological polar surface area (TPSA) is 46.5 Å². The molecule has 0 spiro atoms. The largest absolute Gasteiger partial charge is 0.504 e. The first-order valence-electron chi connectivity index (χ1n) is 6.61. The number of phenols is 1. The number of rotatable bonds is 4. The van der Waals surface area contributed by atoms with Crippen molar-refractivity contribution in [3.8, 4) is 11.5 Å². The molecular formula is C18H20O3. The second-order valence-electron chi connectivity index (χ2n) is 4.42. The van der Waals surface area contributed by atoms with E-state index in [1.54, 1.807) is 19.1 Å². The molecule has 0 unspecified atom stereocenters. The van der Waals surface area contributed by atoms with E-state index in [4.69, 9.17) is 4.74 Å². The molecule has 0 radical (unpaired) electrons. The van der Waals surface area contributed by atoms with Gasteiger partial charge < -0.3 is 9.84 Å². The molecule has 0 bridgehead atoms. The summed E-state index contributed by atoms with van der Waals surface area (Å²) in [6.45, 7) is 5.20. The van der Waals surface area contributed by atoms with Gasteiger partial charge in [-0.1, -0.05) is 42.5 Å². The molecule has 2 aromatic rings. The Morgan fingerprint density at radius 3 is 2.38 bits per heavy atom. The van der Waals surface area contributed by atoms with Crippen LogP contribution in [0.25, 0.3) is 0 Å². The first kappa shape index (κ1) is 16.5. The quantitative estimate of drug-likeness (QED) is 0.681. The molecule has 0 atom stereocenters. The maximum Gasteiger partial charge on any atom is 0.160 e. The van der Waals surface area contributed by atoms with Crippen molar-refractivity contribution < 1.29 is 14.6 Å². The van der Waals surface area contributed by atoms with Gasteiger partial charge in [0.15, 0.2) is 17.3 Å². The van der Waals surface area contributed by atoms with Crippen LogP contribution in [0.15, 0.2) is 61.2 Å². The van der Waals surface area contributed by atoms with Crippen molar-refractivity contribution in [3.05, 3.63) is 72.3 Å². The Hall–Kier alpha value is -2.55. The van der Waals surface area contributed by atoms with Gasteiger partial charge in [-0.25, -0.2) is 0 Å². The predicted molar refractivity (Wildman–Crippen MR) is 85.0 cm³/mol. The zero-order chi connectivity index (χ0) is 15.7. The van der Waals surface area contributed by atoms with Crippen LogP contribution in [0.5, 0.6) is 11.5 Å². The predicted octanol–water partition coefficient (Wildman–Crippen LogP) is 4.02. The van der Waals surface area contributed by atoms with Crippen molar-refractivity contribution in [2.75, 3.05) is 7.11 Å². The number of methoxy groups -OCH3 is 1. The van der Waals surface area contributed by atoms with Crippen LogP contribution in [-0.4, -0.2) is 18.0 Å². The van der Waals surface area contributed by atoms with Crippen LogP contribution in [0.1, 0.15) is 22.8 Å². The lowest BCUT2D eigenvalue weighted by molar-refractivity contribution is 0.101. The minimum atomic E-state index is 0.121. The normalized spacial score (nSPS) is 9.24. The van der Waals surface area contributed by atoms with Crippen molar-refractivity contribution in [2.24, 2.45) is 0 Å². The molecule has 2 rings (SSSR count). The van der Waals surface area contributed by atoms with Gasteiger partial charge in [0, 0.05) is 5.56 Å². The van der Waals surface area contributed by atoms with Crippen LogP contribution in [0.2, 0.25) is 0 Å². The van der Waals surface area contributed by atoms with Gasteiger partial charge in [-0.15, -0.1) is 6.58 Å². The smallest absolute Gasteiger partial charge is 0.160 e. The van der Waals surface area contributed by atoms with Crippen molar-refractivity contribution in [2.45, 2.75) is 13.3 Å². The summed E-state index contributed by atoms with van der Waals surface area (Å²) >= 11 is 0. The van der Waals surface area contributed by atoms with E-state index in [-0.39, 0.29) is 11.5 Å². The molecule has 3 heteroatoms. The molecule has 1 N–H and O–H groups in total. The number of hydrogen-bond acceptors (Lipinski definition) is 3. The average Bonchev–Trinajstić information content (AvgIpc) is 2.51. The molecule has 0 aliphatic rings. The highest BCUT2D eigenvalue weighted by molar-refractivity contribution is 5.93. The van der Waals surface area contributed by atoms with Gasteiger partial charge in [-0.05, 0) is 31.0 Å². The van der Waals surface area contributed by atoms with E-state index in [1.165, 1.54) is 7.11 Å². The van der Waals surface area contributed by atoms with E-state index in [1.807, 2.05) is 42.5 Å². The number of carbonyl (C=O) groups is 1. The molecule has 21 heavy (non-hydrogen) atoms. The SMILES string of the molecule is C=CCc1ccc(O)c(OC)c1.CC(=O)c1ccccc1. The number of ketones is 1. The highest BCUT2D eigenvalue weighted by Gasteiger charge is 2.00. The van der Waals surface area contributed by atoms with Crippen molar-refractivity contribution >= 4 is 5.78 Å². The highest BCUT2D eigenvalue weighted by atomic mass is 16.5. The van der Waals surface area contributed by atoms with Crippen LogP contribution in [0.3, 0.4) is 0 Å². The zero-order valence-electron chi connectivity index (χ0n) is 12.4. The minimum Gasteiger partial charge on any atom is -0.504 e. The van der Waals surface area contributed by atoms with Gasteiger partial charge in [-0.3, -0.25) is 4.79 Å². The Morgan fingerprint density at radius 2 is 1.90 bits per heavy atom. The second kappa shape index (κ2) is 8.59. The monoisotopic (exact) mass is 284 g/mol. The number of benzene rings is 2. The summed E-state index contributed by atoms with van der Waals surface area (Å²) in [6, 6.07) is 14.5. The lowest BCUT2D eigenvalue weighted by atomic mass is 10.1. The molecule has 2 aromatic carbocycles. The van der Waals surface area contributed by atoms with E-state index in [2.05, 4.69) is 6.58 Å². The minimum absolute atomic E-state index is 0.121. The van der Waals surface area contributed by atoms with Crippen molar-refractivity contribution in [1.29, 1.82) is 0 Å². The van der Waals surface area contributed by atoms with Gasteiger partial charge in [0.1, 0.15) is 0 Å².